The molecule has 3 nitrogen and oxygen atoms in total. The van der Waals surface area contributed by atoms with Gasteiger partial charge in [-0.25, -0.2) is 0 Å². The fraction of sp³-hybridized carbons (Fsp3) is 0.222. The third-order valence-corrected chi connectivity index (χ3v) is 2.40. The van der Waals surface area contributed by atoms with Crippen LogP contribution in [-0.2, 0) is 4.79 Å². The van der Waals surface area contributed by atoms with Crippen LogP contribution >= 0.6 is 22.6 Å². The van der Waals surface area contributed by atoms with Crippen LogP contribution in [-0.4, -0.2) is 5.97 Å². The maximum absolute atomic E-state index is 10.3. The zero-order valence-corrected chi connectivity index (χ0v) is 9.15. The van der Waals surface area contributed by atoms with Gasteiger partial charge in [0.1, 0.15) is 6.04 Å². The first-order chi connectivity index (χ1) is 6.09. The number of carbonyl (C=O) groups excluding carboxylic acids is 1. The summed E-state index contributed by atoms with van der Waals surface area (Å²) >= 11 is 2.18. The van der Waals surface area contributed by atoms with Crippen molar-refractivity contribution < 1.29 is 15.6 Å². The Morgan fingerprint density at radius 2 is 2.31 bits per heavy atom. The molecule has 0 heterocycles. The highest BCUT2D eigenvalue weighted by molar-refractivity contribution is 14.1. The average Bonchev–Trinajstić information content (AvgIpc) is 2.03. The van der Waals surface area contributed by atoms with Crippen molar-refractivity contribution in [2.24, 2.45) is 0 Å². The Balaban J connectivity index is 2.76. The number of aliphatic carboxylic acids is 1. The Labute approximate surface area is 90.1 Å². The Morgan fingerprint density at radius 3 is 2.85 bits per heavy atom. The van der Waals surface area contributed by atoms with Gasteiger partial charge in [-0.2, -0.15) is 0 Å². The maximum Gasteiger partial charge on any atom is 0.115 e. The summed E-state index contributed by atoms with van der Waals surface area (Å²) in [7, 11) is 0. The summed E-state index contributed by atoms with van der Waals surface area (Å²) in [6.07, 6.45) is -0.0277. The summed E-state index contributed by atoms with van der Waals surface area (Å²) in [5.74, 6) is -1.06. The van der Waals surface area contributed by atoms with E-state index in [9.17, 15) is 9.90 Å². The molecule has 70 valence electrons. The minimum Gasteiger partial charge on any atom is -0.550 e. The van der Waals surface area contributed by atoms with Crippen molar-refractivity contribution in [2.75, 3.05) is 0 Å². The summed E-state index contributed by atoms with van der Waals surface area (Å²) in [6.45, 7) is 0. The van der Waals surface area contributed by atoms with Crippen LogP contribution in [0.1, 0.15) is 18.0 Å². The topological polar surface area (TPSA) is 67.8 Å². The second-order valence-corrected chi connectivity index (χ2v) is 4.07. The molecule has 1 rings (SSSR count). The second kappa shape index (κ2) is 4.57. The molecule has 0 amide bonds. The number of carboxylic acid groups (broad SMARTS) is 1. The Hall–Kier alpha value is -0.620. The number of rotatable bonds is 3. The van der Waals surface area contributed by atoms with Gasteiger partial charge < -0.3 is 15.6 Å². The summed E-state index contributed by atoms with van der Waals surface area (Å²) < 4.78 is 1.09. The van der Waals surface area contributed by atoms with E-state index in [1.807, 2.05) is 24.3 Å². The van der Waals surface area contributed by atoms with Crippen LogP contribution in [0.4, 0.5) is 0 Å². The summed E-state index contributed by atoms with van der Waals surface area (Å²) in [6, 6.07) is 7.43. The molecule has 0 radical (unpaired) electrons. The third kappa shape index (κ3) is 3.31. The molecule has 1 aromatic carbocycles. The van der Waals surface area contributed by atoms with Crippen molar-refractivity contribution in [1.29, 1.82) is 0 Å². The van der Waals surface area contributed by atoms with E-state index >= 15 is 0 Å². The van der Waals surface area contributed by atoms with Crippen LogP contribution in [0.3, 0.4) is 0 Å². The van der Waals surface area contributed by atoms with Crippen LogP contribution in [0.25, 0.3) is 0 Å². The molecule has 4 heteroatoms. The average molecular weight is 291 g/mol. The van der Waals surface area contributed by atoms with Crippen LogP contribution in [0.2, 0.25) is 0 Å². The molecule has 0 aromatic heterocycles. The first-order valence-corrected chi connectivity index (χ1v) is 4.96. The predicted octanol–water partition coefficient (Wildman–Crippen LogP) is -0.286. The Bertz CT molecular complexity index is 314. The van der Waals surface area contributed by atoms with Crippen molar-refractivity contribution in [3.8, 4) is 0 Å². The van der Waals surface area contributed by atoms with Gasteiger partial charge in [-0.05, 0) is 34.7 Å². The van der Waals surface area contributed by atoms with Gasteiger partial charge in [0.25, 0.3) is 0 Å². The zero-order valence-electron chi connectivity index (χ0n) is 7.00. The molecule has 0 aliphatic carbocycles. The van der Waals surface area contributed by atoms with E-state index in [4.69, 9.17) is 0 Å². The molecule has 0 saturated heterocycles. The fourth-order valence-electron chi connectivity index (χ4n) is 1.08. The molecule has 1 atom stereocenters. The van der Waals surface area contributed by atoms with E-state index in [0.717, 1.165) is 9.13 Å². The lowest BCUT2D eigenvalue weighted by molar-refractivity contribution is -0.430. The molecule has 3 N–H and O–H groups in total. The highest BCUT2D eigenvalue weighted by atomic mass is 127. The van der Waals surface area contributed by atoms with Gasteiger partial charge in [0, 0.05) is 21.5 Å². The lowest BCUT2D eigenvalue weighted by atomic mass is 10.1. The van der Waals surface area contributed by atoms with Crippen molar-refractivity contribution in [3.63, 3.8) is 0 Å². The zero-order chi connectivity index (χ0) is 9.84. The van der Waals surface area contributed by atoms with Crippen LogP contribution in [0.5, 0.6) is 0 Å². The van der Waals surface area contributed by atoms with Gasteiger partial charge >= 0.3 is 0 Å². The van der Waals surface area contributed by atoms with E-state index in [1.54, 1.807) is 0 Å². The van der Waals surface area contributed by atoms with Crippen molar-refractivity contribution in [3.05, 3.63) is 33.4 Å². The van der Waals surface area contributed by atoms with E-state index in [2.05, 4.69) is 28.3 Å². The summed E-state index contributed by atoms with van der Waals surface area (Å²) in [4.78, 5) is 10.3. The van der Waals surface area contributed by atoms with Crippen molar-refractivity contribution in [2.45, 2.75) is 12.5 Å². The minimum atomic E-state index is -1.06. The number of quaternary nitrogens is 1. The van der Waals surface area contributed by atoms with Crippen LogP contribution in [0, 0.1) is 3.57 Å². The lowest BCUT2D eigenvalue weighted by Crippen LogP contribution is -2.55. The molecule has 0 aliphatic heterocycles. The number of hydrogen-bond donors (Lipinski definition) is 1. The molecule has 0 fully saturated rings. The Kier molecular flexibility index (Phi) is 3.68. The molecule has 0 unspecified atom stereocenters. The SMILES string of the molecule is [NH3+][C@@H](CC(=O)[O-])c1cccc(I)c1. The van der Waals surface area contributed by atoms with Gasteiger partial charge in [-0.15, -0.1) is 0 Å². The molecule has 0 spiro atoms. The smallest absolute Gasteiger partial charge is 0.115 e. The molecule has 13 heavy (non-hydrogen) atoms. The van der Waals surface area contributed by atoms with Gasteiger partial charge in [0.15, 0.2) is 0 Å². The molecular formula is C9H10INO2. The first kappa shape index (κ1) is 10.5. The lowest BCUT2D eigenvalue weighted by Gasteiger charge is -2.09. The van der Waals surface area contributed by atoms with Gasteiger partial charge in [0.05, 0.1) is 0 Å². The van der Waals surface area contributed by atoms with Crippen molar-refractivity contribution in [1.82, 2.24) is 0 Å². The van der Waals surface area contributed by atoms with E-state index < -0.39 is 5.97 Å². The highest BCUT2D eigenvalue weighted by Gasteiger charge is 2.09. The molecule has 0 saturated carbocycles. The summed E-state index contributed by atoms with van der Waals surface area (Å²) in [5, 5.41) is 10.3. The number of hydrogen-bond acceptors (Lipinski definition) is 2. The molecule has 1 aromatic rings. The quantitative estimate of drug-likeness (QED) is 0.778. The molecular weight excluding hydrogens is 281 g/mol. The van der Waals surface area contributed by atoms with Gasteiger partial charge in [-0.1, -0.05) is 12.1 Å². The van der Waals surface area contributed by atoms with E-state index in [-0.39, 0.29) is 12.5 Å². The highest BCUT2D eigenvalue weighted by Crippen LogP contribution is 2.14. The predicted molar refractivity (Wildman–Crippen MR) is 54.4 cm³/mol. The molecule has 0 aliphatic rings. The number of halogens is 1. The van der Waals surface area contributed by atoms with Gasteiger partial charge in [-0.3, -0.25) is 0 Å². The van der Waals surface area contributed by atoms with E-state index in [1.165, 1.54) is 0 Å². The Morgan fingerprint density at radius 1 is 1.62 bits per heavy atom. The van der Waals surface area contributed by atoms with Gasteiger partial charge in [0.2, 0.25) is 0 Å². The first-order valence-electron chi connectivity index (χ1n) is 3.88. The minimum absolute atomic E-state index is 0.0277. The maximum atomic E-state index is 10.3. The standard InChI is InChI=1S/C9H10INO2/c10-7-3-1-2-6(4-7)8(11)5-9(12)13/h1-4,8H,5,11H2,(H,12,13)/t8-/m0/s1. The number of carbonyl (C=O) groups is 1. The van der Waals surface area contributed by atoms with E-state index in [0.29, 0.717) is 0 Å². The number of benzene rings is 1. The molecule has 0 bridgehead atoms. The fourth-order valence-corrected chi connectivity index (χ4v) is 1.65. The summed E-state index contributed by atoms with van der Waals surface area (Å²) in [5.41, 5.74) is 4.71. The largest absolute Gasteiger partial charge is 0.550 e. The van der Waals surface area contributed by atoms with Crippen molar-refractivity contribution >= 4 is 28.6 Å². The monoisotopic (exact) mass is 291 g/mol. The van der Waals surface area contributed by atoms with Crippen LogP contribution in [0.15, 0.2) is 24.3 Å². The normalized spacial score (nSPS) is 12.5. The third-order valence-electron chi connectivity index (χ3n) is 1.73. The number of carboxylic acids is 1. The van der Waals surface area contributed by atoms with Crippen LogP contribution < -0.4 is 10.8 Å². The second-order valence-electron chi connectivity index (χ2n) is 2.83.